The summed E-state index contributed by atoms with van der Waals surface area (Å²) in [6, 6.07) is 7.64. The molecule has 1 saturated heterocycles. The van der Waals surface area contributed by atoms with Crippen LogP contribution in [0.1, 0.15) is 51.0 Å². The van der Waals surface area contributed by atoms with Crippen molar-refractivity contribution in [1.29, 1.82) is 0 Å². The van der Waals surface area contributed by atoms with E-state index in [0.717, 1.165) is 5.92 Å². The Bertz CT molecular complexity index is 449. The summed E-state index contributed by atoms with van der Waals surface area (Å²) in [5.41, 5.74) is 4.15. The summed E-state index contributed by atoms with van der Waals surface area (Å²) in [6.07, 6.45) is 8.12. The lowest BCUT2D eigenvalue weighted by molar-refractivity contribution is 0.525. The number of nitrogens with zero attached hydrogens (tertiary/aromatic N) is 1. The average Bonchev–Trinajstić information content (AvgIpc) is 3.12. The second-order valence-corrected chi connectivity index (χ2v) is 6.62. The molecule has 1 aromatic rings. The maximum Gasteiger partial charge on any atom is 0.0373 e. The fraction of sp³-hybridized carbons (Fsp3) is 0.667. The highest BCUT2D eigenvalue weighted by atomic mass is 15.1. The van der Waals surface area contributed by atoms with Crippen molar-refractivity contribution in [3.05, 3.63) is 23.8 Å². The Balaban J connectivity index is 1.65. The minimum atomic E-state index is 0.691. The summed E-state index contributed by atoms with van der Waals surface area (Å²) in [5.74, 6) is 0.941. The minimum absolute atomic E-state index is 0.691. The van der Waals surface area contributed by atoms with Crippen molar-refractivity contribution in [1.82, 2.24) is 0 Å². The molecule has 0 bridgehead atoms. The number of hydrogen-bond acceptors (Lipinski definition) is 2. The van der Waals surface area contributed by atoms with E-state index in [-0.39, 0.29) is 0 Å². The molecule has 2 unspecified atom stereocenters. The van der Waals surface area contributed by atoms with E-state index in [4.69, 9.17) is 0 Å². The lowest BCUT2D eigenvalue weighted by atomic mass is 10.1. The molecule has 1 aliphatic heterocycles. The molecule has 1 saturated carbocycles. The molecule has 0 aromatic heterocycles. The summed E-state index contributed by atoms with van der Waals surface area (Å²) < 4.78 is 0. The molecule has 2 atom stereocenters. The highest BCUT2D eigenvalue weighted by Gasteiger charge is 2.23. The van der Waals surface area contributed by atoms with Gasteiger partial charge in [-0.05, 0) is 68.7 Å². The Kier molecular flexibility index (Phi) is 4.18. The largest absolute Gasteiger partial charge is 0.382 e. The van der Waals surface area contributed by atoms with E-state index in [2.05, 4.69) is 42.3 Å². The van der Waals surface area contributed by atoms with Crippen LogP contribution in [0.25, 0.3) is 0 Å². The SMILES string of the molecule is CCC1CCC(Nc2ccc(N3CCCC3)cc2C)C1. The number of hydrogen-bond donors (Lipinski definition) is 1. The first-order chi connectivity index (χ1) is 9.76. The van der Waals surface area contributed by atoms with Gasteiger partial charge < -0.3 is 10.2 Å². The van der Waals surface area contributed by atoms with E-state index in [1.165, 1.54) is 68.6 Å². The van der Waals surface area contributed by atoms with Gasteiger partial charge in [0.2, 0.25) is 0 Å². The quantitative estimate of drug-likeness (QED) is 0.862. The molecule has 1 aliphatic carbocycles. The molecule has 1 aromatic carbocycles. The highest BCUT2D eigenvalue weighted by molar-refractivity contribution is 5.61. The number of benzene rings is 1. The van der Waals surface area contributed by atoms with Gasteiger partial charge in [-0.3, -0.25) is 0 Å². The molecule has 0 radical (unpaired) electrons. The highest BCUT2D eigenvalue weighted by Crippen LogP contribution is 2.32. The maximum absolute atomic E-state index is 3.77. The van der Waals surface area contributed by atoms with E-state index in [0.29, 0.717) is 6.04 Å². The Hall–Kier alpha value is -1.18. The van der Waals surface area contributed by atoms with Crippen LogP contribution in [0.2, 0.25) is 0 Å². The number of nitrogens with one attached hydrogen (secondary N) is 1. The minimum Gasteiger partial charge on any atom is -0.382 e. The maximum atomic E-state index is 3.77. The Morgan fingerprint density at radius 2 is 2.00 bits per heavy atom. The van der Waals surface area contributed by atoms with Crippen LogP contribution in [0.4, 0.5) is 11.4 Å². The zero-order chi connectivity index (χ0) is 13.9. The van der Waals surface area contributed by atoms with Crippen molar-refractivity contribution < 1.29 is 0 Å². The van der Waals surface area contributed by atoms with Crippen LogP contribution < -0.4 is 10.2 Å². The number of anilines is 2. The summed E-state index contributed by atoms with van der Waals surface area (Å²) >= 11 is 0. The fourth-order valence-electron chi connectivity index (χ4n) is 3.78. The lowest BCUT2D eigenvalue weighted by Gasteiger charge is -2.21. The molecule has 2 aliphatic rings. The zero-order valence-corrected chi connectivity index (χ0v) is 13.0. The molecule has 2 heteroatoms. The molecule has 3 rings (SSSR count). The van der Waals surface area contributed by atoms with E-state index in [1.807, 2.05) is 0 Å². The Morgan fingerprint density at radius 1 is 1.20 bits per heavy atom. The van der Waals surface area contributed by atoms with Crippen molar-refractivity contribution in [2.75, 3.05) is 23.3 Å². The zero-order valence-electron chi connectivity index (χ0n) is 13.0. The van der Waals surface area contributed by atoms with Gasteiger partial charge >= 0.3 is 0 Å². The monoisotopic (exact) mass is 272 g/mol. The third-order valence-electron chi connectivity index (χ3n) is 5.16. The van der Waals surface area contributed by atoms with Gasteiger partial charge in [0.05, 0.1) is 0 Å². The summed E-state index contributed by atoms with van der Waals surface area (Å²) in [5, 5.41) is 3.77. The van der Waals surface area contributed by atoms with Crippen molar-refractivity contribution in [3.63, 3.8) is 0 Å². The number of rotatable bonds is 4. The van der Waals surface area contributed by atoms with Crippen LogP contribution in [0.5, 0.6) is 0 Å². The molecular formula is C18H28N2. The summed E-state index contributed by atoms with van der Waals surface area (Å²) in [4.78, 5) is 2.51. The summed E-state index contributed by atoms with van der Waals surface area (Å²) in [6.45, 7) is 7.03. The van der Waals surface area contributed by atoms with Crippen molar-refractivity contribution in [2.24, 2.45) is 5.92 Å². The fourth-order valence-corrected chi connectivity index (χ4v) is 3.78. The molecular weight excluding hydrogens is 244 g/mol. The van der Waals surface area contributed by atoms with Gasteiger partial charge in [-0.1, -0.05) is 13.3 Å². The first-order valence-corrected chi connectivity index (χ1v) is 8.38. The van der Waals surface area contributed by atoms with Crippen LogP contribution >= 0.6 is 0 Å². The molecule has 0 spiro atoms. The van der Waals surface area contributed by atoms with Crippen molar-refractivity contribution in [2.45, 2.75) is 58.4 Å². The van der Waals surface area contributed by atoms with Crippen LogP contribution in [0.15, 0.2) is 18.2 Å². The molecule has 110 valence electrons. The molecule has 1 N–H and O–H groups in total. The third kappa shape index (κ3) is 2.94. The van der Waals surface area contributed by atoms with E-state index >= 15 is 0 Å². The van der Waals surface area contributed by atoms with Crippen LogP contribution in [-0.4, -0.2) is 19.1 Å². The van der Waals surface area contributed by atoms with Crippen molar-refractivity contribution >= 4 is 11.4 Å². The Morgan fingerprint density at radius 3 is 2.65 bits per heavy atom. The first-order valence-electron chi connectivity index (χ1n) is 8.38. The third-order valence-corrected chi connectivity index (χ3v) is 5.16. The lowest BCUT2D eigenvalue weighted by Crippen LogP contribution is -2.19. The normalized spacial score (nSPS) is 26.2. The molecule has 20 heavy (non-hydrogen) atoms. The van der Waals surface area contributed by atoms with E-state index in [9.17, 15) is 0 Å². The van der Waals surface area contributed by atoms with Gasteiger partial charge in [0.15, 0.2) is 0 Å². The molecule has 1 heterocycles. The van der Waals surface area contributed by atoms with Crippen LogP contribution in [-0.2, 0) is 0 Å². The van der Waals surface area contributed by atoms with Gasteiger partial charge in [-0.2, -0.15) is 0 Å². The topological polar surface area (TPSA) is 15.3 Å². The average molecular weight is 272 g/mol. The van der Waals surface area contributed by atoms with E-state index < -0.39 is 0 Å². The second kappa shape index (κ2) is 6.07. The standard InChI is InChI=1S/C18H28N2/c1-3-15-6-7-16(13-15)19-18-9-8-17(12-14(18)2)20-10-4-5-11-20/h8-9,12,15-16,19H,3-7,10-11,13H2,1-2H3. The van der Waals surface area contributed by atoms with Gasteiger partial charge in [0.25, 0.3) is 0 Å². The first kappa shape index (κ1) is 13.8. The van der Waals surface area contributed by atoms with Gasteiger partial charge in [0, 0.05) is 30.5 Å². The molecule has 2 nitrogen and oxygen atoms in total. The summed E-state index contributed by atoms with van der Waals surface area (Å²) in [7, 11) is 0. The van der Waals surface area contributed by atoms with Gasteiger partial charge in [-0.25, -0.2) is 0 Å². The second-order valence-electron chi connectivity index (χ2n) is 6.62. The molecule has 2 fully saturated rings. The van der Waals surface area contributed by atoms with Crippen LogP contribution in [0.3, 0.4) is 0 Å². The van der Waals surface area contributed by atoms with E-state index in [1.54, 1.807) is 0 Å². The predicted octanol–water partition coefficient (Wildman–Crippen LogP) is 4.59. The van der Waals surface area contributed by atoms with Gasteiger partial charge in [0.1, 0.15) is 0 Å². The van der Waals surface area contributed by atoms with Crippen molar-refractivity contribution in [3.8, 4) is 0 Å². The molecule has 0 amide bonds. The van der Waals surface area contributed by atoms with Crippen LogP contribution in [0, 0.1) is 12.8 Å². The predicted molar refractivity (Wildman–Crippen MR) is 87.7 cm³/mol. The number of aryl methyl sites for hydroxylation is 1. The smallest absolute Gasteiger partial charge is 0.0373 e. The Labute approximate surface area is 123 Å². The van der Waals surface area contributed by atoms with Gasteiger partial charge in [-0.15, -0.1) is 0 Å².